The maximum absolute atomic E-state index is 11.2. The van der Waals surface area contributed by atoms with Crippen LogP contribution >= 0.6 is 7.60 Å². The maximum atomic E-state index is 11.2. The number of aliphatic carboxylic acids is 1. The number of hydrogen-bond acceptors (Lipinski definition) is 2. The van der Waals surface area contributed by atoms with Crippen molar-refractivity contribution in [2.24, 2.45) is 0 Å². The number of rotatable bonds is 5. The van der Waals surface area contributed by atoms with Crippen molar-refractivity contribution in [1.29, 1.82) is 0 Å². The Morgan fingerprint density at radius 2 is 1.80 bits per heavy atom. The van der Waals surface area contributed by atoms with E-state index in [4.69, 9.17) is 14.9 Å². The molecule has 0 radical (unpaired) electrons. The average molecular weight is 236 g/mol. The predicted molar refractivity (Wildman–Crippen MR) is 56.7 cm³/mol. The minimum atomic E-state index is -4.26. The molecule has 5 nitrogen and oxygen atoms in total. The summed E-state index contributed by atoms with van der Waals surface area (Å²) in [5, 5.41) is 8.78. The summed E-state index contributed by atoms with van der Waals surface area (Å²) in [6, 6.07) is 0. The highest BCUT2D eigenvalue weighted by molar-refractivity contribution is 7.52. The molecule has 0 amide bonds. The van der Waals surface area contributed by atoms with Crippen LogP contribution in [0.15, 0.2) is 11.1 Å². The second kappa shape index (κ2) is 5.45. The SMILES string of the molecule is CC/C(=C(/C)C(=O)O)C(CC)P(=O)(O)O. The second-order valence-electron chi connectivity index (χ2n) is 3.32. The molecule has 0 fully saturated rings. The van der Waals surface area contributed by atoms with Gasteiger partial charge >= 0.3 is 13.6 Å². The van der Waals surface area contributed by atoms with Crippen molar-refractivity contribution in [2.45, 2.75) is 39.3 Å². The first-order valence-corrected chi connectivity index (χ1v) is 6.41. The van der Waals surface area contributed by atoms with Gasteiger partial charge in [-0.15, -0.1) is 0 Å². The smallest absolute Gasteiger partial charge is 0.332 e. The Balaban J connectivity index is 5.38. The molecule has 0 saturated carbocycles. The normalized spacial score (nSPS) is 15.8. The fourth-order valence-corrected chi connectivity index (χ4v) is 2.83. The van der Waals surface area contributed by atoms with E-state index in [1.807, 2.05) is 0 Å². The standard InChI is InChI=1S/C9H17O5P/c1-4-7(6(3)9(10)11)8(5-2)15(12,13)14/h8H,4-5H2,1-3H3,(H,10,11)(H2,12,13,14)/b7-6+. The highest BCUT2D eigenvalue weighted by Gasteiger charge is 2.31. The summed E-state index contributed by atoms with van der Waals surface area (Å²) >= 11 is 0. The molecule has 0 aromatic rings. The van der Waals surface area contributed by atoms with Crippen molar-refractivity contribution in [3.63, 3.8) is 0 Å². The lowest BCUT2D eigenvalue weighted by molar-refractivity contribution is -0.132. The van der Waals surface area contributed by atoms with Crippen molar-refractivity contribution >= 4 is 13.6 Å². The van der Waals surface area contributed by atoms with Crippen LogP contribution in [-0.2, 0) is 9.36 Å². The van der Waals surface area contributed by atoms with Crippen molar-refractivity contribution in [3.8, 4) is 0 Å². The third-order valence-corrected chi connectivity index (χ3v) is 3.87. The zero-order valence-electron chi connectivity index (χ0n) is 9.10. The van der Waals surface area contributed by atoms with Crippen molar-refractivity contribution < 1.29 is 24.3 Å². The van der Waals surface area contributed by atoms with Crippen LogP contribution in [0.3, 0.4) is 0 Å². The van der Waals surface area contributed by atoms with Gasteiger partial charge in [0.2, 0.25) is 0 Å². The average Bonchev–Trinajstić information content (AvgIpc) is 2.10. The Labute approximate surface area is 89.0 Å². The van der Waals surface area contributed by atoms with Crippen LogP contribution in [0.1, 0.15) is 33.6 Å². The van der Waals surface area contributed by atoms with E-state index in [2.05, 4.69) is 0 Å². The van der Waals surface area contributed by atoms with Crippen molar-refractivity contribution in [1.82, 2.24) is 0 Å². The van der Waals surface area contributed by atoms with Gasteiger partial charge in [-0.2, -0.15) is 0 Å². The first kappa shape index (κ1) is 14.4. The van der Waals surface area contributed by atoms with Gasteiger partial charge in [-0.25, -0.2) is 4.79 Å². The lowest BCUT2D eigenvalue weighted by atomic mass is 10.0. The number of carboxylic acids is 1. The molecule has 0 rings (SSSR count). The first-order valence-electron chi connectivity index (χ1n) is 4.73. The lowest BCUT2D eigenvalue weighted by Crippen LogP contribution is -2.15. The van der Waals surface area contributed by atoms with Crippen LogP contribution in [0.5, 0.6) is 0 Å². The van der Waals surface area contributed by atoms with Crippen LogP contribution in [-0.4, -0.2) is 26.5 Å². The second-order valence-corrected chi connectivity index (χ2v) is 5.12. The minimum Gasteiger partial charge on any atom is -0.478 e. The molecule has 88 valence electrons. The molecule has 0 aliphatic carbocycles. The molecule has 0 spiro atoms. The summed E-state index contributed by atoms with van der Waals surface area (Å²) < 4.78 is 11.2. The van der Waals surface area contributed by atoms with Crippen molar-refractivity contribution in [3.05, 3.63) is 11.1 Å². The number of carboxylic acid groups (broad SMARTS) is 1. The van der Waals surface area contributed by atoms with Gasteiger partial charge in [-0.05, 0) is 25.3 Å². The monoisotopic (exact) mass is 236 g/mol. The Hall–Kier alpha value is -0.640. The summed E-state index contributed by atoms with van der Waals surface area (Å²) in [5.41, 5.74) is -0.607. The van der Waals surface area contributed by atoms with Gasteiger partial charge in [0.15, 0.2) is 0 Å². The van der Waals surface area contributed by atoms with E-state index >= 15 is 0 Å². The molecule has 0 bridgehead atoms. The van der Waals surface area contributed by atoms with Crippen LogP contribution in [0.25, 0.3) is 0 Å². The van der Waals surface area contributed by atoms with Gasteiger partial charge in [0.1, 0.15) is 0 Å². The molecular formula is C9H17O5P. The molecule has 15 heavy (non-hydrogen) atoms. The molecule has 6 heteroatoms. The molecule has 0 heterocycles. The highest BCUT2D eigenvalue weighted by Crippen LogP contribution is 2.47. The lowest BCUT2D eigenvalue weighted by Gasteiger charge is -2.20. The molecule has 0 aromatic carbocycles. The summed E-state index contributed by atoms with van der Waals surface area (Å²) in [5.74, 6) is -1.13. The van der Waals surface area contributed by atoms with Gasteiger partial charge < -0.3 is 14.9 Å². The molecule has 3 N–H and O–H groups in total. The van der Waals surface area contributed by atoms with Gasteiger partial charge in [0.25, 0.3) is 0 Å². The topological polar surface area (TPSA) is 94.8 Å². The highest BCUT2D eigenvalue weighted by atomic mass is 31.2. The van der Waals surface area contributed by atoms with E-state index in [9.17, 15) is 9.36 Å². The third kappa shape index (κ3) is 3.78. The molecule has 0 saturated heterocycles. The van der Waals surface area contributed by atoms with E-state index in [1.165, 1.54) is 6.92 Å². The Morgan fingerprint density at radius 1 is 1.33 bits per heavy atom. The number of hydrogen-bond donors (Lipinski definition) is 3. The molecule has 1 atom stereocenters. The number of allylic oxidation sites excluding steroid dienone is 1. The van der Waals surface area contributed by atoms with Gasteiger partial charge in [-0.1, -0.05) is 13.8 Å². The quantitative estimate of drug-likeness (QED) is 0.499. The summed E-state index contributed by atoms with van der Waals surface area (Å²) in [6.07, 6.45) is 0.569. The summed E-state index contributed by atoms with van der Waals surface area (Å²) in [6.45, 7) is 4.70. The molecule has 0 aromatic heterocycles. The van der Waals surface area contributed by atoms with Gasteiger partial charge in [0.05, 0.1) is 5.66 Å². The molecule has 0 aliphatic rings. The fraction of sp³-hybridized carbons (Fsp3) is 0.667. The van der Waals surface area contributed by atoms with Gasteiger partial charge in [0, 0.05) is 5.57 Å². The minimum absolute atomic E-state index is 0.0349. The third-order valence-electron chi connectivity index (χ3n) is 2.38. The molecular weight excluding hydrogens is 219 g/mol. The van der Waals surface area contributed by atoms with E-state index in [0.29, 0.717) is 12.0 Å². The maximum Gasteiger partial charge on any atom is 0.332 e. The number of carbonyl (C=O) groups is 1. The fourth-order valence-electron chi connectivity index (χ4n) is 1.58. The van der Waals surface area contributed by atoms with Crippen LogP contribution in [0.2, 0.25) is 0 Å². The van der Waals surface area contributed by atoms with E-state index in [0.717, 1.165) is 0 Å². The zero-order valence-corrected chi connectivity index (χ0v) is 9.99. The summed E-state index contributed by atoms with van der Waals surface area (Å²) in [4.78, 5) is 28.9. The Kier molecular flexibility index (Phi) is 5.21. The van der Waals surface area contributed by atoms with Crippen molar-refractivity contribution in [2.75, 3.05) is 0 Å². The largest absolute Gasteiger partial charge is 0.478 e. The van der Waals surface area contributed by atoms with Crippen LogP contribution < -0.4 is 0 Å². The van der Waals surface area contributed by atoms with E-state index in [-0.39, 0.29) is 12.0 Å². The Morgan fingerprint density at radius 3 is 2.00 bits per heavy atom. The van der Waals surface area contributed by atoms with Gasteiger partial charge in [-0.3, -0.25) is 4.57 Å². The van der Waals surface area contributed by atoms with E-state index < -0.39 is 19.2 Å². The zero-order chi connectivity index (χ0) is 12.2. The summed E-state index contributed by atoms with van der Waals surface area (Å²) in [7, 11) is -4.26. The Bertz CT molecular complexity index is 314. The molecule has 0 aliphatic heterocycles. The van der Waals surface area contributed by atoms with E-state index in [1.54, 1.807) is 13.8 Å². The van der Waals surface area contributed by atoms with Crippen LogP contribution in [0, 0.1) is 0 Å². The predicted octanol–water partition coefficient (Wildman–Crippen LogP) is 1.75. The molecule has 1 unspecified atom stereocenters. The van der Waals surface area contributed by atoms with Crippen LogP contribution in [0.4, 0.5) is 0 Å². The first-order chi connectivity index (χ1) is 6.75.